The lowest BCUT2D eigenvalue weighted by atomic mass is 10.2. The molecule has 0 saturated heterocycles. The van der Waals surface area contributed by atoms with Crippen LogP contribution in [-0.2, 0) is 6.54 Å². The summed E-state index contributed by atoms with van der Waals surface area (Å²) in [6.45, 7) is 5.50. The fraction of sp³-hybridized carbons (Fsp3) is 0.333. The Bertz CT molecular complexity index is 580. The summed E-state index contributed by atoms with van der Waals surface area (Å²) in [5.41, 5.74) is 1.81. The minimum Gasteiger partial charge on any atom is -0.369 e. The van der Waals surface area contributed by atoms with Crippen molar-refractivity contribution in [2.24, 2.45) is 0 Å². The van der Waals surface area contributed by atoms with Crippen LogP contribution in [0.1, 0.15) is 34.1 Å². The Balaban J connectivity index is 2.03. The molecule has 0 radical (unpaired) electrons. The van der Waals surface area contributed by atoms with Crippen molar-refractivity contribution in [3.05, 3.63) is 45.8 Å². The van der Waals surface area contributed by atoms with Gasteiger partial charge in [0.25, 0.3) is 5.91 Å². The number of carbonyl (C=O) groups is 1. The van der Waals surface area contributed by atoms with Crippen molar-refractivity contribution in [3.8, 4) is 0 Å². The Morgan fingerprint density at radius 2 is 2.25 bits per heavy atom. The van der Waals surface area contributed by atoms with E-state index in [2.05, 4.69) is 35.5 Å². The highest BCUT2D eigenvalue weighted by Gasteiger charge is 2.12. The maximum absolute atomic E-state index is 12.2. The zero-order chi connectivity index (χ0) is 14.4. The predicted molar refractivity (Wildman–Crippen MR) is 83.2 cm³/mol. The molecule has 0 fully saturated rings. The molecule has 4 nitrogen and oxygen atoms in total. The van der Waals surface area contributed by atoms with E-state index in [1.165, 1.54) is 10.4 Å². The van der Waals surface area contributed by atoms with Crippen molar-refractivity contribution in [2.45, 2.75) is 26.8 Å². The van der Waals surface area contributed by atoms with Gasteiger partial charge in [0.1, 0.15) is 5.82 Å². The number of rotatable bonds is 6. The van der Waals surface area contributed by atoms with Gasteiger partial charge in [-0.05, 0) is 42.5 Å². The van der Waals surface area contributed by atoms with Gasteiger partial charge in [0.2, 0.25) is 0 Å². The number of carbonyl (C=O) groups excluding carboxylic acids is 1. The number of aromatic nitrogens is 1. The summed E-state index contributed by atoms with van der Waals surface area (Å²) < 4.78 is 0. The molecule has 1 amide bonds. The van der Waals surface area contributed by atoms with Gasteiger partial charge in [-0.2, -0.15) is 0 Å². The third kappa shape index (κ3) is 3.57. The Kier molecular flexibility index (Phi) is 5.12. The molecule has 0 atom stereocenters. The number of hydrogen-bond acceptors (Lipinski definition) is 4. The minimum atomic E-state index is -0.0931. The second-order valence-corrected chi connectivity index (χ2v) is 5.54. The molecule has 2 heterocycles. The van der Waals surface area contributed by atoms with Crippen LogP contribution in [0.4, 0.5) is 5.82 Å². The number of aryl methyl sites for hydroxylation is 1. The molecule has 0 spiro atoms. The van der Waals surface area contributed by atoms with E-state index < -0.39 is 0 Å². The molecule has 2 N–H and O–H groups in total. The van der Waals surface area contributed by atoms with E-state index in [9.17, 15) is 4.79 Å². The fourth-order valence-electron chi connectivity index (χ4n) is 1.81. The highest BCUT2D eigenvalue weighted by atomic mass is 32.1. The summed E-state index contributed by atoms with van der Waals surface area (Å²) in [5.74, 6) is 0.555. The summed E-state index contributed by atoms with van der Waals surface area (Å²) >= 11 is 1.66. The molecule has 0 saturated carbocycles. The fourth-order valence-corrected chi connectivity index (χ4v) is 2.66. The number of pyridine rings is 1. The maximum Gasteiger partial charge on any atom is 0.255 e. The van der Waals surface area contributed by atoms with Gasteiger partial charge in [-0.1, -0.05) is 6.92 Å². The van der Waals surface area contributed by atoms with Crippen molar-refractivity contribution in [2.75, 3.05) is 11.9 Å². The molecule has 106 valence electrons. The third-order valence-corrected chi connectivity index (χ3v) is 4.00. The zero-order valence-corrected chi connectivity index (χ0v) is 12.6. The van der Waals surface area contributed by atoms with E-state index in [1.807, 2.05) is 5.38 Å². The molecule has 0 unspecified atom stereocenters. The smallest absolute Gasteiger partial charge is 0.255 e. The van der Waals surface area contributed by atoms with E-state index >= 15 is 0 Å². The molecule has 0 aliphatic carbocycles. The topological polar surface area (TPSA) is 54.0 Å². The summed E-state index contributed by atoms with van der Waals surface area (Å²) in [6, 6.07) is 5.63. The van der Waals surface area contributed by atoms with E-state index in [0.717, 1.165) is 13.0 Å². The minimum absolute atomic E-state index is 0.0931. The van der Waals surface area contributed by atoms with Crippen molar-refractivity contribution in [3.63, 3.8) is 0 Å². The molecule has 0 bridgehead atoms. The van der Waals surface area contributed by atoms with Crippen LogP contribution < -0.4 is 10.6 Å². The van der Waals surface area contributed by atoms with Crippen LogP contribution in [0.2, 0.25) is 0 Å². The molecule has 2 aromatic heterocycles. The molecule has 0 aliphatic rings. The van der Waals surface area contributed by atoms with Crippen LogP contribution in [0, 0.1) is 6.92 Å². The Hall–Kier alpha value is -1.88. The second-order valence-electron chi connectivity index (χ2n) is 4.54. The van der Waals surface area contributed by atoms with E-state index in [0.29, 0.717) is 17.9 Å². The van der Waals surface area contributed by atoms with Crippen LogP contribution in [0.25, 0.3) is 0 Å². The number of nitrogens with one attached hydrogen (secondary N) is 2. The average Bonchev–Trinajstić information content (AvgIpc) is 2.88. The molecule has 20 heavy (non-hydrogen) atoms. The summed E-state index contributed by atoms with van der Waals surface area (Å²) in [7, 11) is 0. The monoisotopic (exact) mass is 289 g/mol. The van der Waals surface area contributed by atoms with Gasteiger partial charge in [-0.15, -0.1) is 11.3 Å². The molecule has 2 aromatic rings. The lowest BCUT2D eigenvalue weighted by molar-refractivity contribution is 0.0952. The second kappa shape index (κ2) is 7.05. The largest absolute Gasteiger partial charge is 0.369 e. The quantitative estimate of drug-likeness (QED) is 0.858. The van der Waals surface area contributed by atoms with Crippen LogP contribution in [-0.4, -0.2) is 17.4 Å². The van der Waals surface area contributed by atoms with E-state index in [1.54, 1.807) is 29.7 Å². The van der Waals surface area contributed by atoms with Gasteiger partial charge in [0.15, 0.2) is 0 Å². The maximum atomic E-state index is 12.2. The number of amides is 1. The normalized spacial score (nSPS) is 10.3. The zero-order valence-electron chi connectivity index (χ0n) is 11.8. The van der Waals surface area contributed by atoms with Gasteiger partial charge >= 0.3 is 0 Å². The standard InChI is InChI=1S/C15H19N3OS/c1-3-7-16-14-12(5-4-8-17-14)15(19)18-10-13-11(2)6-9-20-13/h4-6,8-9H,3,7,10H2,1-2H3,(H,16,17)(H,18,19). The van der Waals surface area contributed by atoms with Crippen LogP contribution in [0.5, 0.6) is 0 Å². The van der Waals surface area contributed by atoms with E-state index in [-0.39, 0.29) is 5.91 Å². The number of thiophene rings is 1. The number of anilines is 1. The average molecular weight is 289 g/mol. The van der Waals surface area contributed by atoms with Crippen LogP contribution in [0.3, 0.4) is 0 Å². The summed E-state index contributed by atoms with van der Waals surface area (Å²) in [4.78, 5) is 17.7. The number of nitrogens with zero attached hydrogens (tertiary/aromatic N) is 1. The molecule has 5 heteroatoms. The van der Waals surface area contributed by atoms with Crippen molar-refractivity contribution >= 4 is 23.1 Å². The molecule has 0 aromatic carbocycles. The lowest BCUT2D eigenvalue weighted by Gasteiger charge is -2.10. The molecule has 2 rings (SSSR count). The Morgan fingerprint density at radius 1 is 1.40 bits per heavy atom. The van der Waals surface area contributed by atoms with Gasteiger partial charge < -0.3 is 10.6 Å². The predicted octanol–water partition coefficient (Wildman–Crippen LogP) is 3.20. The first-order valence-electron chi connectivity index (χ1n) is 6.72. The third-order valence-electron chi connectivity index (χ3n) is 2.97. The molecule has 0 aliphatic heterocycles. The van der Waals surface area contributed by atoms with E-state index in [4.69, 9.17) is 0 Å². The Morgan fingerprint density at radius 3 is 2.95 bits per heavy atom. The first kappa shape index (κ1) is 14.5. The highest BCUT2D eigenvalue weighted by Crippen LogP contribution is 2.16. The number of hydrogen-bond donors (Lipinski definition) is 2. The first-order valence-corrected chi connectivity index (χ1v) is 7.60. The van der Waals surface area contributed by atoms with Crippen molar-refractivity contribution < 1.29 is 4.79 Å². The Labute approximate surface area is 123 Å². The van der Waals surface area contributed by atoms with Gasteiger partial charge in [-0.3, -0.25) is 4.79 Å². The van der Waals surface area contributed by atoms with Gasteiger partial charge in [0.05, 0.1) is 12.1 Å². The van der Waals surface area contributed by atoms with Crippen LogP contribution in [0.15, 0.2) is 29.8 Å². The van der Waals surface area contributed by atoms with Crippen molar-refractivity contribution in [1.29, 1.82) is 0 Å². The van der Waals surface area contributed by atoms with Crippen LogP contribution >= 0.6 is 11.3 Å². The lowest BCUT2D eigenvalue weighted by Crippen LogP contribution is -2.24. The summed E-state index contributed by atoms with van der Waals surface area (Å²) in [5, 5.41) is 8.17. The molecular weight excluding hydrogens is 270 g/mol. The SMILES string of the molecule is CCCNc1ncccc1C(=O)NCc1sccc1C. The van der Waals surface area contributed by atoms with Crippen molar-refractivity contribution in [1.82, 2.24) is 10.3 Å². The highest BCUT2D eigenvalue weighted by molar-refractivity contribution is 7.10. The van der Waals surface area contributed by atoms with Gasteiger partial charge in [-0.25, -0.2) is 4.98 Å². The first-order chi connectivity index (χ1) is 9.72. The van der Waals surface area contributed by atoms with Gasteiger partial charge in [0, 0.05) is 17.6 Å². The summed E-state index contributed by atoms with van der Waals surface area (Å²) in [6.07, 6.45) is 2.68. The molecular formula is C15H19N3OS.